The SMILES string of the molecule is Cc1ccc(-c2nnc(SCC(=O)N3CCCCC3)n2-c2ccccc2)cc1. The van der Waals surface area contributed by atoms with E-state index in [2.05, 4.69) is 41.4 Å². The van der Waals surface area contributed by atoms with Gasteiger partial charge in [0.25, 0.3) is 0 Å². The van der Waals surface area contributed by atoms with E-state index in [4.69, 9.17) is 0 Å². The molecule has 0 radical (unpaired) electrons. The van der Waals surface area contributed by atoms with Crippen molar-refractivity contribution < 1.29 is 4.79 Å². The molecular weight excluding hydrogens is 368 g/mol. The summed E-state index contributed by atoms with van der Waals surface area (Å²) in [5, 5.41) is 9.61. The third kappa shape index (κ3) is 4.12. The lowest BCUT2D eigenvalue weighted by Gasteiger charge is -2.26. The number of amides is 1. The van der Waals surface area contributed by atoms with Gasteiger partial charge in [-0.3, -0.25) is 9.36 Å². The fourth-order valence-electron chi connectivity index (χ4n) is 3.42. The van der Waals surface area contributed by atoms with Crippen molar-refractivity contribution in [3.8, 4) is 17.1 Å². The van der Waals surface area contributed by atoms with Crippen LogP contribution in [0.2, 0.25) is 0 Å². The molecule has 0 bridgehead atoms. The van der Waals surface area contributed by atoms with Crippen molar-refractivity contribution in [1.29, 1.82) is 0 Å². The number of nitrogens with zero attached hydrogens (tertiary/aromatic N) is 4. The lowest BCUT2D eigenvalue weighted by molar-refractivity contribution is -0.129. The van der Waals surface area contributed by atoms with Gasteiger partial charge in [0.1, 0.15) is 0 Å². The number of thioether (sulfide) groups is 1. The molecule has 6 heteroatoms. The van der Waals surface area contributed by atoms with Gasteiger partial charge >= 0.3 is 0 Å². The Labute approximate surface area is 169 Å². The Kier molecular flexibility index (Phi) is 5.76. The van der Waals surface area contributed by atoms with Gasteiger partial charge in [0.2, 0.25) is 5.91 Å². The molecule has 0 spiro atoms. The van der Waals surface area contributed by atoms with Crippen LogP contribution in [0, 0.1) is 6.92 Å². The highest BCUT2D eigenvalue weighted by molar-refractivity contribution is 7.99. The topological polar surface area (TPSA) is 51.0 Å². The summed E-state index contributed by atoms with van der Waals surface area (Å²) in [6.07, 6.45) is 3.43. The minimum absolute atomic E-state index is 0.184. The largest absolute Gasteiger partial charge is 0.342 e. The Morgan fingerprint density at radius 1 is 0.964 bits per heavy atom. The van der Waals surface area contributed by atoms with Crippen molar-refractivity contribution in [2.24, 2.45) is 0 Å². The van der Waals surface area contributed by atoms with Crippen LogP contribution in [0.1, 0.15) is 24.8 Å². The van der Waals surface area contributed by atoms with Gasteiger partial charge < -0.3 is 4.90 Å². The number of aryl methyl sites for hydroxylation is 1. The van der Waals surface area contributed by atoms with Crippen LogP contribution in [0.4, 0.5) is 0 Å². The van der Waals surface area contributed by atoms with E-state index < -0.39 is 0 Å². The van der Waals surface area contributed by atoms with Gasteiger partial charge in [0.05, 0.1) is 5.75 Å². The average Bonchev–Trinajstić information content (AvgIpc) is 3.17. The van der Waals surface area contributed by atoms with Crippen LogP contribution >= 0.6 is 11.8 Å². The Balaban J connectivity index is 1.62. The first-order valence-electron chi connectivity index (χ1n) is 9.71. The van der Waals surface area contributed by atoms with Gasteiger partial charge in [-0.05, 0) is 38.3 Å². The minimum Gasteiger partial charge on any atom is -0.342 e. The summed E-state index contributed by atoms with van der Waals surface area (Å²) < 4.78 is 2.04. The van der Waals surface area contributed by atoms with E-state index in [1.165, 1.54) is 23.7 Å². The number of likely N-dealkylation sites (tertiary alicyclic amines) is 1. The highest BCUT2D eigenvalue weighted by Crippen LogP contribution is 2.28. The zero-order valence-corrected chi connectivity index (χ0v) is 16.9. The second kappa shape index (κ2) is 8.61. The third-order valence-electron chi connectivity index (χ3n) is 4.99. The number of benzene rings is 2. The van der Waals surface area contributed by atoms with E-state index in [1.54, 1.807) is 0 Å². The zero-order chi connectivity index (χ0) is 19.3. The molecule has 144 valence electrons. The summed E-state index contributed by atoms with van der Waals surface area (Å²) in [4.78, 5) is 14.6. The number of hydrogen-bond acceptors (Lipinski definition) is 4. The van der Waals surface area contributed by atoms with Crippen LogP contribution in [0.3, 0.4) is 0 Å². The molecule has 5 nitrogen and oxygen atoms in total. The molecule has 1 aliphatic heterocycles. The maximum absolute atomic E-state index is 12.6. The summed E-state index contributed by atoms with van der Waals surface area (Å²) >= 11 is 1.46. The molecule has 1 aliphatic rings. The molecule has 1 aromatic heterocycles. The minimum atomic E-state index is 0.184. The first-order chi connectivity index (χ1) is 13.7. The number of carbonyl (C=O) groups excluding carboxylic acids is 1. The van der Waals surface area contributed by atoms with E-state index >= 15 is 0 Å². The van der Waals surface area contributed by atoms with Crippen molar-refractivity contribution in [3.63, 3.8) is 0 Å². The van der Waals surface area contributed by atoms with Gasteiger partial charge in [-0.15, -0.1) is 10.2 Å². The molecule has 0 unspecified atom stereocenters. The molecule has 2 heterocycles. The molecule has 28 heavy (non-hydrogen) atoms. The maximum Gasteiger partial charge on any atom is 0.233 e. The molecule has 4 rings (SSSR count). The lowest BCUT2D eigenvalue weighted by atomic mass is 10.1. The Morgan fingerprint density at radius 3 is 2.39 bits per heavy atom. The van der Waals surface area contributed by atoms with Crippen LogP contribution in [0.25, 0.3) is 17.1 Å². The van der Waals surface area contributed by atoms with E-state index in [-0.39, 0.29) is 5.91 Å². The van der Waals surface area contributed by atoms with Crippen LogP contribution in [0.15, 0.2) is 59.8 Å². The van der Waals surface area contributed by atoms with E-state index in [9.17, 15) is 4.79 Å². The average molecular weight is 393 g/mol. The number of piperidine rings is 1. The predicted octanol–water partition coefficient (Wildman–Crippen LogP) is 4.35. The number of rotatable bonds is 5. The van der Waals surface area contributed by atoms with E-state index in [1.807, 2.05) is 39.8 Å². The van der Waals surface area contributed by atoms with Crippen molar-refractivity contribution in [1.82, 2.24) is 19.7 Å². The second-order valence-electron chi connectivity index (χ2n) is 7.07. The molecule has 0 atom stereocenters. The first-order valence-corrected chi connectivity index (χ1v) is 10.7. The van der Waals surface area contributed by atoms with Gasteiger partial charge in [0.15, 0.2) is 11.0 Å². The zero-order valence-electron chi connectivity index (χ0n) is 16.0. The maximum atomic E-state index is 12.6. The lowest BCUT2D eigenvalue weighted by Crippen LogP contribution is -2.36. The fourth-order valence-corrected chi connectivity index (χ4v) is 4.28. The van der Waals surface area contributed by atoms with Crippen molar-refractivity contribution >= 4 is 17.7 Å². The first kappa shape index (κ1) is 18.7. The van der Waals surface area contributed by atoms with Crippen molar-refractivity contribution in [2.45, 2.75) is 31.3 Å². The van der Waals surface area contributed by atoms with Crippen molar-refractivity contribution in [3.05, 3.63) is 60.2 Å². The molecule has 2 aromatic carbocycles. The second-order valence-corrected chi connectivity index (χ2v) is 8.02. The standard InChI is InChI=1S/C22H24N4OS/c1-17-10-12-18(13-11-17)21-23-24-22(26(21)19-8-4-2-5-9-19)28-16-20(27)25-14-6-3-7-15-25/h2,4-5,8-13H,3,6-7,14-16H2,1H3. The fraction of sp³-hybridized carbons (Fsp3) is 0.318. The Hall–Kier alpha value is -2.60. The van der Waals surface area contributed by atoms with Crippen molar-refractivity contribution in [2.75, 3.05) is 18.8 Å². The van der Waals surface area contributed by atoms with Gasteiger partial charge in [-0.25, -0.2) is 0 Å². The summed E-state index contributed by atoms with van der Waals surface area (Å²) in [5.41, 5.74) is 3.21. The third-order valence-corrected chi connectivity index (χ3v) is 5.90. The summed E-state index contributed by atoms with van der Waals surface area (Å²) in [6.45, 7) is 3.82. The number of hydrogen-bond donors (Lipinski definition) is 0. The quantitative estimate of drug-likeness (QED) is 0.606. The molecule has 1 fully saturated rings. The van der Waals surface area contributed by atoms with Gasteiger partial charge in [-0.2, -0.15) is 0 Å². The number of carbonyl (C=O) groups is 1. The highest BCUT2D eigenvalue weighted by atomic mass is 32.2. The smallest absolute Gasteiger partial charge is 0.233 e. The summed E-state index contributed by atoms with van der Waals surface area (Å²) in [7, 11) is 0. The van der Waals surface area contributed by atoms with E-state index in [0.717, 1.165) is 48.2 Å². The molecule has 3 aromatic rings. The molecule has 0 N–H and O–H groups in total. The van der Waals surface area contributed by atoms with Crippen LogP contribution < -0.4 is 0 Å². The molecule has 1 amide bonds. The normalized spacial score (nSPS) is 14.2. The monoisotopic (exact) mass is 392 g/mol. The molecular formula is C22H24N4OS. The Bertz CT molecular complexity index is 931. The molecule has 1 saturated heterocycles. The number of aromatic nitrogens is 3. The summed E-state index contributed by atoms with van der Waals surface area (Å²) in [5.74, 6) is 1.36. The van der Waals surface area contributed by atoms with Crippen LogP contribution in [0.5, 0.6) is 0 Å². The van der Waals surface area contributed by atoms with E-state index in [0.29, 0.717) is 5.75 Å². The summed E-state index contributed by atoms with van der Waals surface area (Å²) in [6, 6.07) is 18.3. The molecule has 0 saturated carbocycles. The van der Waals surface area contributed by atoms with Crippen LogP contribution in [-0.4, -0.2) is 44.4 Å². The molecule has 0 aliphatic carbocycles. The predicted molar refractivity (Wildman–Crippen MR) is 113 cm³/mol. The van der Waals surface area contributed by atoms with Crippen LogP contribution in [-0.2, 0) is 4.79 Å². The van der Waals surface area contributed by atoms with Gasteiger partial charge in [0, 0.05) is 24.3 Å². The Morgan fingerprint density at radius 2 is 1.68 bits per heavy atom. The number of para-hydroxylation sites is 1. The highest BCUT2D eigenvalue weighted by Gasteiger charge is 2.20. The van der Waals surface area contributed by atoms with Gasteiger partial charge in [-0.1, -0.05) is 59.8 Å².